The van der Waals surface area contributed by atoms with Gasteiger partial charge in [-0.1, -0.05) is 16.8 Å². The fourth-order valence-corrected chi connectivity index (χ4v) is 2.27. The Labute approximate surface area is 114 Å². The van der Waals surface area contributed by atoms with Gasteiger partial charge in [-0.2, -0.15) is 5.43 Å². The van der Waals surface area contributed by atoms with E-state index >= 15 is 0 Å². The maximum atomic E-state index is 5.16. The Morgan fingerprint density at radius 3 is 2.11 bits per heavy atom. The summed E-state index contributed by atoms with van der Waals surface area (Å²) in [5.41, 5.74) is 8.38. The molecule has 0 saturated heterocycles. The van der Waals surface area contributed by atoms with Gasteiger partial charge in [0.05, 0.1) is 13.7 Å². The van der Waals surface area contributed by atoms with E-state index in [1.54, 1.807) is 7.11 Å². The van der Waals surface area contributed by atoms with Crippen molar-refractivity contribution < 1.29 is 9.41 Å². The first-order valence-corrected chi connectivity index (χ1v) is 6.47. The molecule has 19 heavy (non-hydrogen) atoms. The lowest BCUT2D eigenvalue weighted by atomic mass is 10.2. The summed E-state index contributed by atoms with van der Waals surface area (Å²) in [6.45, 7) is 7.13. The van der Waals surface area contributed by atoms with Crippen LogP contribution in [0.5, 0.6) is 5.75 Å². The van der Waals surface area contributed by atoms with Crippen molar-refractivity contribution in [2.45, 2.75) is 27.3 Å². The van der Waals surface area contributed by atoms with E-state index in [-0.39, 0.29) is 0 Å². The summed E-state index contributed by atoms with van der Waals surface area (Å²) < 4.78 is 7.28. The fourth-order valence-electron chi connectivity index (χ4n) is 2.27. The van der Waals surface area contributed by atoms with Gasteiger partial charge in [-0.05, 0) is 30.2 Å². The molecule has 3 nitrogen and oxygen atoms in total. The SMILES string of the molecule is COc1ccc(CN[n+]2c(C)cc(C)cc2C)cc1. The molecule has 0 saturated carbocycles. The molecule has 0 aliphatic carbocycles. The topological polar surface area (TPSA) is 25.1 Å². The minimum Gasteiger partial charge on any atom is -0.497 e. The lowest BCUT2D eigenvalue weighted by Gasteiger charge is -2.07. The zero-order valence-electron chi connectivity index (χ0n) is 12.0. The van der Waals surface area contributed by atoms with Gasteiger partial charge >= 0.3 is 0 Å². The molecule has 1 aromatic heterocycles. The smallest absolute Gasteiger partial charge is 0.209 e. The molecule has 0 aliphatic rings. The number of nitrogens with zero attached hydrogens (tertiary/aromatic N) is 1. The zero-order chi connectivity index (χ0) is 13.8. The van der Waals surface area contributed by atoms with Crippen molar-refractivity contribution in [2.24, 2.45) is 0 Å². The second-order valence-corrected chi connectivity index (χ2v) is 4.83. The molecule has 1 heterocycles. The van der Waals surface area contributed by atoms with Gasteiger partial charge in [0.1, 0.15) is 5.75 Å². The highest BCUT2D eigenvalue weighted by molar-refractivity contribution is 5.27. The number of pyridine rings is 1. The van der Waals surface area contributed by atoms with Gasteiger partial charge in [-0.15, -0.1) is 0 Å². The van der Waals surface area contributed by atoms with E-state index in [2.05, 4.69) is 55.1 Å². The Kier molecular flexibility index (Phi) is 4.05. The minimum absolute atomic E-state index is 0.791. The van der Waals surface area contributed by atoms with Gasteiger partial charge in [-0.3, -0.25) is 0 Å². The monoisotopic (exact) mass is 257 g/mol. The fraction of sp³-hybridized carbons (Fsp3) is 0.312. The minimum atomic E-state index is 0.791. The summed E-state index contributed by atoms with van der Waals surface area (Å²) in [5.74, 6) is 0.888. The summed E-state index contributed by atoms with van der Waals surface area (Å²) in [6.07, 6.45) is 0. The van der Waals surface area contributed by atoms with Crippen LogP contribution >= 0.6 is 0 Å². The van der Waals surface area contributed by atoms with E-state index in [1.165, 1.54) is 22.5 Å². The zero-order valence-corrected chi connectivity index (χ0v) is 12.0. The van der Waals surface area contributed by atoms with Crippen LogP contribution in [0.25, 0.3) is 0 Å². The Morgan fingerprint density at radius 1 is 1.00 bits per heavy atom. The molecule has 1 aromatic carbocycles. The maximum absolute atomic E-state index is 5.16. The molecule has 0 radical (unpaired) electrons. The van der Waals surface area contributed by atoms with Crippen LogP contribution < -0.4 is 14.8 Å². The molecular weight excluding hydrogens is 236 g/mol. The van der Waals surface area contributed by atoms with Crippen molar-refractivity contribution in [3.63, 3.8) is 0 Å². The van der Waals surface area contributed by atoms with Crippen molar-refractivity contribution in [2.75, 3.05) is 12.5 Å². The molecule has 0 atom stereocenters. The number of hydrogen-bond acceptors (Lipinski definition) is 2. The summed E-state index contributed by atoms with van der Waals surface area (Å²) in [7, 11) is 1.68. The predicted molar refractivity (Wildman–Crippen MR) is 76.9 cm³/mol. The molecule has 3 heteroatoms. The third kappa shape index (κ3) is 3.25. The van der Waals surface area contributed by atoms with Crippen LogP contribution in [0, 0.1) is 20.8 Å². The van der Waals surface area contributed by atoms with E-state index in [9.17, 15) is 0 Å². The van der Waals surface area contributed by atoms with Gasteiger partial charge in [0.15, 0.2) is 0 Å². The van der Waals surface area contributed by atoms with E-state index in [0.717, 1.165) is 12.3 Å². The number of methoxy groups -OCH3 is 1. The Hall–Kier alpha value is -2.03. The largest absolute Gasteiger partial charge is 0.497 e. The van der Waals surface area contributed by atoms with Crippen molar-refractivity contribution in [1.29, 1.82) is 0 Å². The average Bonchev–Trinajstić information content (AvgIpc) is 2.38. The summed E-state index contributed by atoms with van der Waals surface area (Å²) in [6, 6.07) is 12.5. The highest BCUT2D eigenvalue weighted by atomic mass is 16.5. The van der Waals surface area contributed by atoms with Crippen LogP contribution in [0.15, 0.2) is 36.4 Å². The Balaban J connectivity index is 2.10. The first kappa shape index (κ1) is 13.4. The van der Waals surface area contributed by atoms with E-state index in [4.69, 9.17) is 4.74 Å². The van der Waals surface area contributed by atoms with Crippen LogP contribution in [0.3, 0.4) is 0 Å². The first-order chi connectivity index (χ1) is 9.10. The molecular formula is C16H21N2O+. The second-order valence-electron chi connectivity index (χ2n) is 4.83. The first-order valence-electron chi connectivity index (χ1n) is 6.47. The molecule has 0 spiro atoms. The third-order valence-corrected chi connectivity index (χ3v) is 3.18. The lowest BCUT2D eigenvalue weighted by Crippen LogP contribution is -2.49. The summed E-state index contributed by atoms with van der Waals surface area (Å²) in [4.78, 5) is 0. The summed E-state index contributed by atoms with van der Waals surface area (Å²) in [5, 5.41) is 0. The highest BCUT2D eigenvalue weighted by Crippen LogP contribution is 2.11. The quantitative estimate of drug-likeness (QED) is 0.852. The summed E-state index contributed by atoms with van der Waals surface area (Å²) >= 11 is 0. The van der Waals surface area contributed by atoms with Gasteiger partial charge in [-0.25, -0.2) is 0 Å². The van der Waals surface area contributed by atoms with E-state index in [1.807, 2.05) is 12.1 Å². The molecule has 0 amide bonds. The number of nitrogens with one attached hydrogen (secondary N) is 1. The molecule has 2 rings (SSSR count). The number of aromatic nitrogens is 1. The molecule has 1 N–H and O–H groups in total. The molecule has 0 unspecified atom stereocenters. The second kappa shape index (κ2) is 5.74. The van der Waals surface area contributed by atoms with Crippen LogP contribution in [-0.2, 0) is 6.54 Å². The van der Waals surface area contributed by atoms with E-state index in [0.29, 0.717) is 0 Å². The van der Waals surface area contributed by atoms with Crippen LogP contribution in [0.2, 0.25) is 0 Å². The third-order valence-electron chi connectivity index (χ3n) is 3.18. The standard InChI is InChI=1S/C16H21N2O/c1-12-9-13(2)18(14(3)10-12)17-11-15-5-7-16(19-4)8-6-15/h5-10,17H,11H2,1-4H3/q+1. The number of rotatable bonds is 4. The van der Waals surface area contributed by atoms with Crippen molar-refractivity contribution >= 4 is 0 Å². The van der Waals surface area contributed by atoms with Gasteiger partial charge < -0.3 is 4.74 Å². The predicted octanol–water partition coefficient (Wildman–Crippen LogP) is 2.65. The molecule has 0 fully saturated rings. The van der Waals surface area contributed by atoms with Crippen LogP contribution in [0.4, 0.5) is 0 Å². The molecule has 100 valence electrons. The lowest BCUT2D eigenvalue weighted by molar-refractivity contribution is -0.664. The van der Waals surface area contributed by atoms with Gasteiger partial charge in [0, 0.05) is 26.0 Å². The van der Waals surface area contributed by atoms with E-state index < -0.39 is 0 Å². The van der Waals surface area contributed by atoms with Crippen molar-refractivity contribution in [3.8, 4) is 5.75 Å². The Morgan fingerprint density at radius 2 is 1.58 bits per heavy atom. The van der Waals surface area contributed by atoms with Gasteiger partial charge in [0.25, 0.3) is 0 Å². The Bertz CT molecular complexity index is 538. The van der Waals surface area contributed by atoms with Crippen LogP contribution in [-0.4, -0.2) is 7.11 Å². The highest BCUT2D eigenvalue weighted by Gasteiger charge is 2.11. The van der Waals surface area contributed by atoms with Gasteiger partial charge in [0.2, 0.25) is 11.4 Å². The molecule has 2 aromatic rings. The number of ether oxygens (including phenoxy) is 1. The molecule has 0 aliphatic heterocycles. The maximum Gasteiger partial charge on any atom is 0.209 e. The van der Waals surface area contributed by atoms with Crippen molar-refractivity contribution in [3.05, 3.63) is 58.9 Å². The number of hydrogen-bond donors (Lipinski definition) is 1. The number of benzene rings is 1. The average molecular weight is 257 g/mol. The van der Waals surface area contributed by atoms with Crippen LogP contribution in [0.1, 0.15) is 22.5 Å². The normalized spacial score (nSPS) is 10.3. The van der Waals surface area contributed by atoms with Crippen molar-refractivity contribution in [1.82, 2.24) is 0 Å². The number of aryl methyl sites for hydroxylation is 3. The molecule has 0 bridgehead atoms.